The lowest BCUT2D eigenvalue weighted by atomic mass is 10.0. The number of hydrogen-bond acceptors (Lipinski definition) is 2. The molecule has 1 aromatic rings. The van der Waals surface area contributed by atoms with Crippen LogP contribution in [0.3, 0.4) is 0 Å². The fourth-order valence-electron chi connectivity index (χ4n) is 2.55. The third-order valence-electron chi connectivity index (χ3n) is 3.73. The van der Waals surface area contributed by atoms with Crippen molar-refractivity contribution in [3.05, 3.63) is 23.8 Å². The second-order valence-corrected chi connectivity index (χ2v) is 5.28. The lowest BCUT2D eigenvalue weighted by Crippen LogP contribution is -2.20. The van der Waals surface area contributed by atoms with Crippen LogP contribution in [0.2, 0.25) is 0 Å². The van der Waals surface area contributed by atoms with Crippen LogP contribution in [0.1, 0.15) is 39.0 Å². The average Bonchev–Trinajstić information content (AvgIpc) is 2.55. The smallest absolute Gasteiger partial charge is 0.183 e. The average molecular weight is 254 g/mol. The molecule has 0 heterocycles. The first-order valence-corrected chi connectivity index (χ1v) is 6.58. The molecule has 0 spiro atoms. The summed E-state index contributed by atoms with van der Waals surface area (Å²) >= 11 is 0. The van der Waals surface area contributed by atoms with Gasteiger partial charge >= 0.3 is 0 Å². The summed E-state index contributed by atoms with van der Waals surface area (Å²) in [5.41, 5.74) is 6.09. The van der Waals surface area contributed by atoms with Gasteiger partial charge in [0.2, 0.25) is 0 Å². The minimum atomic E-state index is -0.868. The number of nitrogens with two attached hydrogens (primary N) is 1. The van der Waals surface area contributed by atoms with Crippen LogP contribution in [0.5, 0.6) is 0 Å². The van der Waals surface area contributed by atoms with Crippen molar-refractivity contribution in [2.24, 2.45) is 5.92 Å². The van der Waals surface area contributed by atoms with Crippen molar-refractivity contribution in [3.63, 3.8) is 0 Å². The summed E-state index contributed by atoms with van der Waals surface area (Å²) in [6, 6.07) is 2.65. The largest absolute Gasteiger partial charge is 0.397 e. The van der Waals surface area contributed by atoms with Gasteiger partial charge in [-0.1, -0.05) is 19.8 Å². The van der Waals surface area contributed by atoms with Crippen molar-refractivity contribution >= 4 is 11.4 Å². The first-order valence-electron chi connectivity index (χ1n) is 6.58. The number of nitrogens with one attached hydrogen (secondary N) is 1. The lowest BCUT2D eigenvalue weighted by molar-refractivity contribution is 0.498. The second-order valence-electron chi connectivity index (χ2n) is 5.28. The Kier molecular flexibility index (Phi) is 4.04. The zero-order valence-corrected chi connectivity index (χ0v) is 10.7. The van der Waals surface area contributed by atoms with Gasteiger partial charge in [-0.05, 0) is 37.3 Å². The van der Waals surface area contributed by atoms with E-state index < -0.39 is 11.6 Å². The van der Waals surface area contributed by atoms with E-state index in [1.807, 2.05) is 0 Å². The molecule has 2 rings (SSSR count). The summed E-state index contributed by atoms with van der Waals surface area (Å²) < 4.78 is 26.9. The van der Waals surface area contributed by atoms with Gasteiger partial charge in [0.15, 0.2) is 11.6 Å². The Bertz CT molecular complexity index is 421. The van der Waals surface area contributed by atoms with Crippen molar-refractivity contribution in [2.45, 2.75) is 45.1 Å². The van der Waals surface area contributed by atoms with Crippen LogP contribution in [-0.2, 0) is 0 Å². The Balaban J connectivity index is 2.11. The van der Waals surface area contributed by atoms with Gasteiger partial charge in [-0.25, -0.2) is 8.78 Å². The van der Waals surface area contributed by atoms with Gasteiger partial charge in [0.05, 0.1) is 11.4 Å². The van der Waals surface area contributed by atoms with E-state index in [9.17, 15) is 8.78 Å². The van der Waals surface area contributed by atoms with E-state index in [0.29, 0.717) is 5.92 Å². The molecule has 0 aromatic heterocycles. The van der Waals surface area contributed by atoms with Gasteiger partial charge in [-0.15, -0.1) is 0 Å². The standard InChI is InChI=1S/C14H20F2N2/c1-9-3-2-4-10(6-5-9)18-14-12(17)8-7-11(15)13(14)16/h7-10,18H,2-6,17H2,1H3. The summed E-state index contributed by atoms with van der Waals surface area (Å²) in [6.07, 6.45) is 5.42. The van der Waals surface area contributed by atoms with Crippen molar-refractivity contribution in [2.75, 3.05) is 11.1 Å². The lowest BCUT2D eigenvalue weighted by Gasteiger charge is -2.19. The molecule has 2 nitrogen and oxygen atoms in total. The molecule has 0 saturated heterocycles. The van der Waals surface area contributed by atoms with Gasteiger partial charge in [0.25, 0.3) is 0 Å². The van der Waals surface area contributed by atoms with Gasteiger partial charge in [0, 0.05) is 6.04 Å². The van der Waals surface area contributed by atoms with Crippen LogP contribution in [0.15, 0.2) is 12.1 Å². The van der Waals surface area contributed by atoms with E-state index in [1.54, 1.807) is 0 Å². The molecule has 100 valence electrons. The van der Waals surface area contributed by atoms with Crippen LogP contribution in [-0.4, -0.2) is 6.04 Å². The number of nitrogen functional groups attached to an aromatic ring is 1. The second kappa shape index (κ2) is 5.55. The molecule has 0 bridgehead atoms. The van der Waals surface area contributed by atoms with Crippen molar-refractivity contribution < 1.29 is 8.78 Å². The van der Waals surface area contributed by atoms with Crippen molar-refractivity contribution in [1.82, 2.24) is 0 Å². The van der Waals surface area contributed by atoms with Crippen LogP contribution in [0.4, 0.5) is 20.2 Å². The number of hydrogen-bond donors (Lipinski definition) is 2. The third kappa shape index (κ3) is 2.92. The topological polar surface area (TPSA) is 38.0 Å². The van der Waals surface area contributed by atoms with E-state index in [4.69, 9.17) is 5.73 Å². The highest BCUT2D eigenvalue weighted by Gasteiger charge is 2.19. The Morgan fingerprint density at radius 2 is 1.94 bits per heavy atom. The van der Waals surface area contributed by atoms with Crippen molar-refractivity contribution in [1.29, 1.82) is 0 Å². The molecule has 1 fully saturated rings. The summed E-state index contributed by atoms with van der Waals surface area (Å²) in [6.45, 7) is 2.24. The predicted octanol–water partition coefficient (Wildman–Crippen LogP) is 3.93. The van der Waals surface area contributed by atoms with Gasteiger partial charge < -0.3 is 11.1 Å². The maximum atomic E-state index is 13.7. The van der Waals surface area contributed by atoms with E-state index in [0.717, 1.165) is 31.7 Å². The van der Waals surface area contributed by atoms with Crippen molar-refractivity contribution in [3.8, 4) is 0 Å². The maximum absolute atomic E-state index is 13.7. The van der Waals surface area contributed by atoms with Gasteiger partial charge in [-0.3, -0.25) is 0 Å². The molecular weight excluding hydrogens is 234 g/mol. The third-order valence-corrected chi connectivity index (χ3v) is 3.73. The van der Waals surface area contributed by atoms with E-state index >= 15 is 0 Å². The number of halogens is 2. The molecule has 18 heavy (non-hydrogen) atoms. The predicted molar refractivity (Wildman–Crippen MR) is 70.4 cm³/mol. The van der Waals surface area contributed by atoms with Crippen LogP contribution >= 0.6 is 0 Å². The highest BCUT2D eigenvalue weighted by molar-refractivity contribution is 5.67. The Morgan fingerprint density at radius 1 is 1.17 bits per heavy atom. The van der Waals surface area contributed by atoms with E-state index in [1.165, 1.54) is 12.5 Å². The molecule has 1 aromatic carbocycles. The minimum Gasteiger partial charge on any atom is -0.397 e. The zero-order valence-electron chi connectivity index (χ0n) is 10.7. The fourth-order valence-corrected chi connectivity index (χ4v) is 2.55. The molecule has 4 heteroatoms. The van der Waals surface area contributed by atoms with Crippen LogP contribution < -0.4 is 11.1 Å². The molecule has 0 aliphatic heterocycles. The first kappa shape index (κ1) is 13.1. The Labute approximate surface area is 107 Å². The van der Waals surface area contributed by atoms with E-state index in [-0.39, 0.29) is 17.4 Å². The first-order chi connectivity index (χ1) is 8.58. The fraction of sp³-hybridized carbons (Fsp3) is 0.571. The Morgan fingerprint density at radius 3 is 2.72 bits per heavy atom. The zero-order chi connectivity index (χ0) is 13.1. The summed E-state index contributed by atoms with van der Waals surface area (Å²) in [5, 5.41) is 3.08. The highest BCUT2D eigenvalue weighted by atomic mass is 19.2. The SMILES string of the molecule is CC1CCCC(Nc2c(N)ccc(F)c2F)CC1. The van der Waals surface area contributed by atoms with Crippen LogP contribution in [0.25, 0.3) is 0 Å². The summed E-state index contributed by atoms with van der Waals surface area (Å²) in [5.74, 6) is -1.01. The molecule has 2 atom stereocenters. The number of anilines is 2. The van der Waals surface area contributed by atoms with Gasteiger partial charge in [0.1, 0.15) is 0 Å². The maximum Gasteiger partial charge on any atom is 0.183 e. The number of benzene rings is 1. The minimum absolute atomic E-state index is 0.120. The van der Waals surface area contributed by atoms with Crippen LogP contribution in [0, 0.1) is 17.6 Å². The Hall–Kier alpha value is -1.32. The molecule has 1 aliphatic rings. The molecular formula is C14H20F2N2. The number of rotatable bonds is 2. The normalized spacial score (nSPS) is 24.6. The molecule has 0 amide bonds. The quantitative estimate of drug-likeness (QED) is 0.620. The highest BCUT2D eigenvalue weighted by Crippen LogP contribution is 2.29. The molecule has 2 unspecified atom stereocenters. The molecule has 3 N–H and O–H groups in total. The molecule has 1 saturated carbocycles. The molecule has 1 aliphatic carbocycles. The van der Waals surface area contributed by atoms with E-state index in [2.05, 4.69) is 12.2 Å². The summed E-state index contributed by atoms with van der Waals surface area (Å²) in [7, 11) is 0. The van der Waals surface area contributed by atoms with Gasteiger partial charge in [-0.2, -0.15) is 0 Å². The summed E-state index contributed by atoms with van der Waals surface area (Å²) in [4.78, 5) is 0. The molecule has 0 radical (unpaired) electrons. The monoisotopic (exact) mass is 254 g/mol.